The number of imidazole rings is 1. The number of nitrogens with zero attached hydrogens (tertiary/aromatic N) is 5. The maximum Gasteiger partial charge on any atom is 0.213 e. The van der Waals surface area contributed by atoms with E-state index in [-0.39, 0.29) is 0 Å². The zero-order chi connectivity index (χ0) is 18.6. The lowest BCUT2D eigenvalue weighted by molar-refractivity contribution is 0.144. The Balaban J connectivity index is 1.74. The maximum absolute atomic E-state index is 5.54. The van der Waals surface area contributed by atoms with E-state index in [4.69, 9.17) is 14.5 Å². The minimum atomic E-state index is 0.471. The fourth-order valence-corrected chi connectivity index (χ4v) is 2.99. The Labute approximate surface area is 156 Å². The van der Waals surface area contributed by atoms with E-state index in [0.717, 1.165) is 33.9 Å². The SMILES string of the molecule is COCCOc1ccc(-c2c(C)nc3c(-c4ccncc4)nccn23)cn1. The molecule has 0 N–H and O–H groups in total. The van der Waals surface area contributed by atoms with Gasteiger partial charge in [-0.05, 0) is 25.1 Å². The molecule has 136 valence electrons. The quantitative estimate of drug-likeness (QED) is 0.491. The topological polar surface area (TPSA) is 74.4 Å². The normalized spacial score (nSPS) is 11.0. The summed E-state index contributed by atoms with van der Waals surface area (Å²) < 4.78 is 12.6. The van der Waals surface area contributed by atoms with Crippen LogP contribution in [0.4, 0.5) is 0 Å². The molecule has 0 spiro atoms. The van der Waals surface area contributed by atoms with Crippen molar-refractivity contribution < 1.29 is 9.47 Å². The monoisotopic (exact) mass is 361 g/mol. The minimum Gasteiger partial charge on any atom is -0.475 e. The number of aryl methyl sites for hydroxylation is 1. The van der Waals surface area contributed by atoms with Gasteiger partial charge in [0, 0.05) is 55.3 Å². The average molecular weight is 361 g/mol. The molecular formula is C20H19N5O2. The van der Waals surface area contributed by atoms with Gasteiger partial charge in [-0.25, -0.2) is 9.97 Å². The Kier molecular flexibility index (Phi) is 4.76. The van der Waals surface area contributed by atoms with Gasteiger partial charge < -0.3 is 9.47 Å². The molecule has 0 aliphatic rings. The molecule has 4 aromatic heterocycles. The lowest BCUT2D eigenvalue weighted by atomic mass is 10.2. The Morgan fingerprint density at radius 2 is 1.81 bits per heavy atom. The Morgan fingerprint density at radius 1 is 0.963 bits per heavy atom. The van der Waals surface area contributed by atoms with Gasteiger partial charge >= 0.3 is 0 Å². The molecule has 0 aliphatic carbocycles. The van der Waals surface area contributed by atoms with Gasteiger partial charge in [-0.2, -0.15) is 0 Å². The number of hydrogen-bond acceptors (Lipinski definition) is 6. The molecule has 0 radical (unpaired) electrons. The van der Waals surface area contributed by atoms with Crippen molar-refractivity contribution >= 4 is 5.65 Å². The molecule has 7 heteroatoms. The molecule has 0 aromatic carbocycles. The molecule has 0 atom stereocenters. The molecule has 4 rings (SSSR count). The molecule has 4 heterocycles. The van der Waals surface area contributed by atoms with E-state index < -0.39 is 0 Å². The zero-order valence-corrected chi connectivity index (χ0v) is 15.2. The summed E-state index contributed by atoms with van der Waals surface area (Å²) in [6.07, 6.45) is 9.00. The smallest absolute Gasteiger partial charge is 0.213 e. The van der Waals surface area contributed by atoms with Gasteiger partial charge in [0.2, 0.25) is 5.88 Å². The Hall–Kier alpha value is -3.32. The highest BCUT2D eigenvalue weighted by Crippen LogP contribution is 2.29. The molecule has 0 amide bonds. The van der Waals surface area contributed by atoms with Crippen LogP contribution in [-0.4, -0.2) is 44.7 Å². The molecule has 27 heavy (non-hydrogen) atoms. The van der Waals surface area contributed by atoms with Gasteiger partial charge in [-0.3, -0.25) is 14.4 Å². The standard InChI is InChI=1S/C20H19N5O2/c1-14-19(16-3-4-17(23-13-16)27-12-11-26-2)25-10-9-22-18(20(25)24-14)15-5-7-21-8-6-15/h3-10,13H,11-12H2,1-2H3. The first-order valence-electron chi connectivity index (χ1n) is 8.60. The van der Waals surface area contributed by atoms with Crippen LogP contribution < -0.4 is 4.74 Å². The first kappa shape index (κ1) is 17.1. The van der Waals surface area contributed by atoms with Crippen molar-refractivity contribution in [3.8, 4) is 28.4 Å². The summed E-state index contributed by atoms with van der Waals surface area (Å²) in [5, 5.41) is 0. The minimum absolute atomic E-state index is 0.471. The molecule has 0 unspecified atom stereocenters. The van der Waals surface area contributed by atoms with Gasteiger partial charge in [0.15, 0.2) is 5.65 Å². The highest BCUT2D eigenvalue weighted by Gasteiger charge is 2.15. The summed E-state index contributed by atoms with van der Waals surface area (Å²) in [7, 11) is 1.64. The van der Waals surface area contributed by atoms with E-state index >= 15 is 0 Å². The van der Waals surface area contributed by atoms with Crippen LogP contribution in [-0.2, 0) is 4.74 Å². The second-order valence-corrected chi connectivity index (χ2v) is 5.98. The van der Waals surface area contributed by atoms with Crippen molar-refractivity contribution in [2.45, 2.75) is 6.92 Å². The number of aromatic nitrogens is 5. The van der Waals surface area contributed by atoms with E-state index in [1.165, 1.54) is 0 Å². The molecule has 0 aliphatic heterocycles. The molecule has 0 saturated heterocycles. The van der Waals surface area contributed by atoms with E-state index in [1.807, 2.05) is 41.8 Å². The van der Waals surface area contributed by atoms with Crippen LogP contribution in [0.5, 0.6) is 5.88 Å². The summed E-state index contributed by atoms with van der Waals surface area (Å²) >= 11 is 0. The van der Waals surface area contributed by atoms with Crippen LogP contribution in [0.15, 0.2) is 55.2 Å². The van der Waals surface area contributed by atoms with Gasteiger partial charge in [-0.1, -0.05) is 0 Å². The second kappa shape index (κ2) is 7.51. The van der Waals surface area contributed by atoms with E-state index in [2.05, 4.69) is 15.0 Å². The molecule has 0 saturated carbocycles. The van der Waals surface area contributed by atoms with Gasteiger partial charge in [0.1, 0.15) is 12.3 Å². The van der Waals surface area contributed by atoms with E-state index in [1.54, 1.807) is 31.9 Å². The summed E-state index contributed by atoms with van der Waals surface area (Å²) in [6.45, 7) is 2.99. The van der Waals surface area contributed by atoms with Crippen molar-refractivity contribution in [3.63, 3.8) is 0 Å². The predicted molar refractivity (Wildman–Crippen MR) is 102 cm³/mol. The second-order valence-electron chi connectivity index (χ2n) is 5.98. The first-order valence-corrected chi connectivity index (χ1v) is 8.60. The van der Waals surface area contributed by atoms with Gasteiger partial charge in [0.25, 0.3) is 0 Å². The predicted octanol–water partition coefficient (Wildman–Crippen LogP) is 3.19. The lowest BCUT2D eigenvalue weighted by Gasteiger charge is -2.07. The first-order chi connectivity index (χ1) is 13.3. The van der Waals surface area contributed by atoms with Crippen LogP contribution in [0.2, 0.25) is 0 Å². The lowest BCUT2D eigenvalue weighted by Crippen LogP contribution is -2.05. The number of rotatable bonds is 6. The van der Waals surface area contributed by atoms with E-state index in [9.17, 15) is 0 Å². The summed E-state index contributed by atoms with van der Waals surface area (Å²) in [5.41, 5.74) is 5.46. The number of hydrogen-bond donors (Lipinski definition) is 0. The third kappa shape index (κ3) is 3.37. The van der Waals surface area contributed by atoms with Crippen molar-refractivity contribution in [1.29, 1.82) is 0 Å². The van der Waals surface area contributed by atoms with Crippen LogP contribution in [0, 0.1) is 6.92 Å². The van der Waals surface area contributed by atoms with Crippen molar-refractivity contribution in [3.05, 3.63) is 60.9 Å². The van der Waals surface area contributed by atoms with E-state index in [0.29, 0.717) is 19.1 Å². The van der Waals surface area contributed by atoms with Gasteiger partial charge in [-0.15, -0.1) is 0 Å². The zero-order valence-electron chi connectivity index (χ0n) is 15.2. The third-order valence-electron chi connectivity index (χ3n) is 4.22. The number of pyridine rings is 2. The summed E-state index contributed by atoms with van der Waals surface area (Å²) in [4.78, 5) is 17.7. The molecule has 0 fully saturated rings. The molecule has 4 aromatic rings. The highest BCUT2D eigenvalue weighted by atomic mass is 16.5. The van der Waals surface area contributed by atoms with Crippen LogP contribution >= 0.6 is 0 Å². The fourth-order valence-electron chi connectivity index (χ4n) is 2.99. The largest absolute Gasteiger partial charge is 0.475 e. The molecule has 0 bridgehead atoms. The van der Waals surface area contributed by atoms with Crippen molar-refractivity contribution in [2.24, 2.45) is 0 Å². The highest BCUT2D eigenvalue weighted by molar-refractivity contribution is 5.77. The maximum atomic E-state index is 5.54. The van der Waals surface area contributed by atoms with Crippen LogP contribution in [0.25, 0.3) is 28.2 Å². The number of ether oxygens (including phenoxy) is 2. The Bertz CT molecular complexity index is 1050. The number of methoxy groups -OCH3 is 1. The number of fused-ring (bicyclic) bond motifs is 1. The summed E-state index contributed by atoms with van der Waals surface area (Å²) in [6, 6.07) is 7.70. The van der Waals surface area contributed by atoms with Crippen LogP contribution in [0.1, 0.15) is 5.69 Å². The molecular weight excluding hydrogens is 342 g/mol. The van der Waals surface area contributed by atoms with Crippen molar-refractivity contribution in [2.75, 3.05) is 20.3 Å². The molecule has 7 nitrogen and oxygen atoms in total. The third-order valence-corrected chi connectivity index (χ3v) is 4.22. The average Bonchev–Trinajstić information content (AvgIpc) is 3.05. The van der Waals surface area contributed by atoms with Gasteiger partial charge in [0.05, 0.1) is 18.0 Å². The van der Waals surface area contributed by atoms with Crippen molar-refractivity contribution in [1.82, 2.24) is 24.3 Å². The summed E-state index contributed by atoms with van der Waals surface area (Å²) in [5.74, 6) is 0.571. The fraction of sp³-hybridized carbons (Fsp3) is 0.200. The van der Waals surface area contributed by atoms with Crippen LogP contribution in [0.3, 0.4) is 0 Å². The Morgan fingerprint density at radius 3 is 2.56 bits per heavy atom.